The number of thiophene rings is 2. The third-order valence-electron chi connectivity index (χ3n) is 4.25. The predicted octanol–water partition coefficient (Wildman–Crippen LogP) is 4.93. The van der Waals surface area contributed by atoms with E-state index in [1.807, 2.05) is 11.4 Å². The Morgan fingerprint density at radius 2 is 1.62 bits per heavy atom. The fourth-order valence-corrected chi connectivity index (χ4v) is 7.82. The molecule has 0 aliphatic rings. The Balaban J connectivity index is 1.58. The number of nitrogens with one attached hydrogen (secondary N) is 1. The van der Waals surface area contributed by atoms with Crippen LogP contribution in [0, 0.1) is 0 Å². The minimum absolute atomic E-state index is 0.0400. The van der Waals surface area contributed by atoms with E-state index in [0.29, 0.717) is 5.02 Å². The van der Waals surface area contributed by atoms with Gasteiger partial charge in [0, 0.05) is 21.6 Å². The number of sulfone groups is 1. The minimum atomic E-state index is -3.86. The second-order valence-electron chi connectivity index (χ2n) is 6.14. The van der Waals surface area contributed by atoms with Crippen LogP contribution in [0.1, 0.15) is 5.56 Å². The van der Waals surface area contributed by atoms with E-state index < -0.39 is 19.9 Å². The van der Waals surface area contributed by atoms with Crippen LogP contribution in [0.2, 0.25) is 5.02 Å². The van der Waals surface area contributed by atoms with Crippen molar-refractivity contribution in [2.45, 2.75) is 20.5 Å². The third-order valence-corrected chi connectivity index (χ3v) is 10.2. The van der Waals surface area contributed by atoms with Gasteiger partial charge in [0.15, 0.2) is 0 Å². The molecule has 0 saturated carbocycles. The van der Waals surface area contributed by atoms with Crippen LogP contribution >= 0.6 is 34.3 Å². The van der Waals surface area contributed by atoms with E-state index in [1.54, 1.807) is 30.3 Å². The molecule has 2 aromatic carbocycles. The van der Waals surface area contributed by atoms with E-state index in [0.717, 1.165) is 27.0 Å². The van der Waals surface area contributed by atoms with Crippen molar-refractivity contribution in [3.8, 4) is 0 Å². The highest BCUT2D eigenvalue weighted by molar-refractivity contribution is 7.93. The maximum atomic E-state index is 12.7. The summed E-state index contributed by atoms with van der Waals surface area (Å²) in [6, 6.07) is 14.6. The summed E-state index contributed by atoms with van der Waals surface area (Å²) in [7, 11) is -7.63. The minimum Gasteiger partial charge on any atom is -0.218 e. The van der Waals surface area contributed by atoms with Crippen molar-refractivity contribution in [2.24, 2.45) is 0 Å². The van der Waals surface area contributed by atoms with Crippen molar-refractivity contribution in [1.29, 1.82) is 0 Å². The van der Waals surface area contributed by atoms with E-state index in [-0.39, 0.29) is 20.5 Å². The zero-order valence-electron chi connectivity index (χ0n) is 14.7. The Labute approximate surface area is 181 Å². The Bertz CT molecular complexity index is 1390. The molecule has 0 amide bonds. The first kappa shape index (κ1) is 20.5. The molecule has 2 aromatic heterocycles. The summed E-state index contributed by atoms with van der Waals surface area (Å²) < 4.78 is 54.2. The van der Waals surface area contributed by atoms with Crippen LogP contribution in [0.4, 0.5) is 0 Å². The first-order chi connectivity index (χ1) is 13.8. The molecule has 0 atom stereocenters. The first-order valence-electron chi connectivity index (χ1n) is 8.31. The highest BCUT2D eigenvalue weighted by atomic mass is 35.5. The fraction of sp³-hybridized carbons (Fsp3) is 0.0526. The maximum Gasteiger partial charge on any atom is 0.250 e. The van der Waals surface area contributed by atoms with Gasteiger partial charge in [-0.05, 0) is 52.7 Å². The fourth-order valence-electron chi connectivity index (χ4n) is 2.75. The quantitative estimate of drug-likeness (QED) is 0.421. The van der Waals surface area contributed by atoms with Crippen molar-refractivity contribution >= 4 is 64.2 Å². The lowest BCUT2D eigenvalue weighted by atomic mass is 10.2. The van der Waals surface area contributed by atoms with Crippen molar-refractivity contribution in [3.05, 3.63) is 75.9 Å². The van der Waals surface area contributed by atoms with Gasteiger partial charge in [-0.15, -0.1) is 22.7 Å². The zero-order valence-corrected chi connectivity index (χ0v) is 18.7. The molecule has 4 aromatic rings. The van der Waals surface area contributed by atoms with Crippen LogP contribution in [-0.2, 0) is 26.4 Å². The number of hydrogen-bond donors (Lipinski definition) is 1. The molecular weight excluding hydrogens is 470 g/mol. The monoisotopic (exact) mass is 483 g/mol. The highest BCUT2D eigenvalue weighted by Crippen LogP contribution is 2.30. The van der Waals surface area contributed by atoms with Crippen molar-refractivity contribution < 1.29 is 16.8 Å². The Morgan fingerprint density at radius 3 is 2.38 bits per heavy atom. The Morgan fingerprint density at radius 1 is 0.862 bits per heavy atom. The summed E-state index contributed by atoms with van der Waals surface area (Å²) >= 11 is 8.42. The van der Waals surface area contributed by atoms with E-state index in [2.05, 4.69) is 4.72 Å². The molecular formula is C19H14ClNO4S4. The van der Waals surface area contributed by atoms with Gasteiger partial charge in [0.1, 0.15) is 4.21 Å². The summed E-state index contributed by atoms with van der Waals surface area (Å²) in [5, 5.41) is 4.69. The number of rotatable bonds is 6. The molecule has 0 spiro atoms. The van der Waals surface area contributed by atoms with E-state index in [4.69, 9.17) is 11.6 Å². The summed E-state index contributed by atoms with van der Waals surface area (Å²) in [6.07, 6.45) is 0. The summed E-state index contributed by atoms with van der Waals surface area (Å²) in [6.45, 7) is 0.0847. The van der Waals surface area contributed by atoms with Crippen LogP contribution in [0.5, 0.6) is 0 Å². The van der Waals surface area contributed by atoms with E-state index >= 15 is 0 Å². The molecule has 10 heteroatoms. The lowest BCUT2D eigenvalue weighted by molar-refractivity contribution is 0.583. The van der Waals surface area contributed by atoms with Gasteiger partial charge in [0.25, 0.3) is 0 Å². The smallest absolute Gasteiger partial charge is 0.218 e. The van der Waals surface area contributed by atoms with Gasteiger partial charge in [-0.25, -0.2) is 21.6 Å². The van der Waals surface area contributed by atoms with Crippen LogP contribution in [-0.4, -0.2) is 16.8 Å². The van der Waals surface area contributed by atoms with Crippen molar-refractivity contribution in [2.75, 3.05) is 0 Å². The topological polar surface area (TPSA) is 80.3 Å². The van der Waals surface area contributed by atoms with Gasteiger partial charge in [-0.3, -0.25) is 0 Å². The molecule has 2 heterocycles. The molecule has 5 nitrogen and oxygen atoms in total. The highest BCUT2D eigenvalue weighted by Gasteiger charge is 2.24. The molecule has 0 aliphatic carbocycles. The average molecular weight is 484 g/mol. The van der Waals surface area contributed by atoms with Gasteiger partial charge in [0.2, 0.25) is 19.9 Å². The van der Waals surface area contributed by atoms with Gasteiger partial charge < -0.3 is 0 Å². The van der Waals surface area contributed by atoms with Crippen LogP contribution in [0.15, 0.2) is 79.4 Å². The second-order valence-corrected chi connectivity index (χ2v) is 12.3. The largest absolute Gasteiger partial charge is 0.250 e. The molecule has 0 aliphatic heterocycles. The molecule has 29 heavy (non-hydrogen) atoms. The zero-order chi connectivity index (χ0) is 20.6. The Hall–Kier alpha value is -1.75. The second kappa shape index (κ2) is 7.82. The lowest BCUT2D eigenvalue weighted by Crippen LogP contribution is -2.22. The summed E-state index contributed by atoms with van der Waals surface area (Å²) in [5.41, 5.74) is 0.810. The predicted molar refractivity (Wildman–Crippen MR) is 117 cm³/mol. The van der Waals surface area contributed by atoms with Gasteiger partial charge >= 0.3 is 0 Å². The van der Waals surface area contributed by atoms with Gasteiger partial charge in [-0.1, -0.05) is 29.8 Å². The van der Waals surface area contributed by atoms with Gasteiger partial charge in [0.05, 0.1) is 9.79 Å². The number of sulfonamides is 1. The lowest BCUT2D eigenvalue weighted by Gasteiger charge is -2.04. The standard InChI is InChI=1S/C19H14ClNO4S4/c20-14-6-7-18-17(8-14)13(11-26-18)10-21-29(24,25)19-9-16(12-27-19)28(22,23)15-4-2-1-3-5-15/h1-9,11-12,21H,10H2. The number of benzene rings is 2. The summed E-state index contributed by atoms with van der Waals surface area (Å²) in [5.74, 6) is 0. The van der Waals surface area contributed by atoms with Crippen LogP contribution in [0.25, 0.3) is 10.1 Å². The number of halogens is 1. The molecule has 0 fully saturated rings. The van der Waals surface area contributed by atoms with E-state index in [9.17, 15) is 16.8 Å². The summed E-state index contributed by atoms with van der Waals surface area (Å²) in [4.78, 5) is 0.0816. The van der Waals surface area contributed by atoms with Crippen LogP contribution < -0.4 is 4.72 Å². The van der Waals surface area contributed by atoms with Gasteiger partial charge in [-0.2, -0.15) is 0 Å². The van der Waals surface area contributed by atoms with E-state index in [1.165, 1.54) is 34.9 Å². The molecule has 1 N–H and O–H groups in total. The number of hydrogen-bond acceptors (Lipinski definition) is 6. The molecule has 0 bridgehead atoms. The van der Waals surface area contributed by atoms with Crippen molar-refractivity contribution in [1.82, 2.24) is 4.72 Å². The molecule has 0 unspecified atom stereocenters. The average Bonchev–Trinajstić information content (AvgIpc) is 3.35. The third kappa shape index (κ3) is 4.11. The molecule has 4 rings (SSSR count). The normalized spacial score (nSPS) is 12.4. The SMILES string of the molecule is O=S(=O)(NCc1csc2ccc(Cl)cc12)c1cc(S(=O)(=O)c2ccccc2)cs1. The number of fused-ring (bicyclic) bond motifs is 1. The Kier molecular flexibility index (Phi) is 5.54. The molecule has 0 saturated heterocycles. The first-order valence-corrected chi connectivity index (χ1v) is 13.4. The maximum absolute atomic E-state index is 12.7. The van der Waals surface area contributed by atoms with Crippen LogP contribution in [0.3, 0.4) is 0 Å². The molecule has 150 valence electrons. The molecule has 0 radical (unpaired) electrons. The van der Waals surface area contributed by atoms with Crippen molar-refractivity contribution in [3.63, 3.8) is 0 Å².